The van der Waals surface area contributed by atoms with Gasteiger partial charge in [-0.15, -0.1) is 0 Å². The summed E-state index contributed by atoms with van der Waals surface area (Å²) in [5.41, 5.74) is 2.04. The molecule has 3 fully saturated rings. The van der Waals surface area contributed by atoms with Crippen LogP contribution in [0.25, 0.3) is 11.0 Å². The molecule has 1 unspecified atom stereocenters. The SMILES string of the molecule is O=C1CCC(N2C(=O)c3ccc(CN4CCC(N5CCN(c6noc7cc(F)ccc67)CC5)CC4)cc3C2=O)C(=O)N1. The molecule has 11 nitrogen and oxygen atoms in total. The molecule has 0 bridgehead atoms. The maximum absolute atomic E-state index is 13.5. The quantitative estimate of drug-likeness (QED) is 0.457. The van der Waals surface area contributed by atoms with Crippen LogP contribution in [0.3, 0.4) is 0 Å². The van der Waals surface area contributed by atoms with Crippen molar-refractivity contribution < 1.29 is 28.1 Å². The van der Waals surface area contributed by atoms with Gasteiger partial charge in [0.05, 0.1) is 16.5 Å². The van der Waals surface area contributed by atoms with Gasteiger partial charge in [-0.3, -0.25) is 39.2 Å². The molecule has 3 saturated heterocycles. The second-order valence-corrected chi connectivity index (χ2v) is 11.5. The minimum absolute atomic E-state index is 0.0990. The number of anilines is 1. The Labute approximate surface area is 241 Å². The van der Waals surface area contributed by atoms with E-state index in [4.69, 9.17) is 4.52 Å². The van der Waals surface area contributed by atoms with Gasteiger partial charge in [0.2, 0.25) is 11.8 Å². The molecule has 4 aliphatic heterocycles. The Kier molecular flexibility index (Phi) is 6.74. The van der Waals surface area contributed by atoms with Crippen molar-refractivity contribution in [2.45, 2.75) is 44.3 Å². The van der Waals surface area contributed by atoms with Crippen LogP contribution in [0, 0.1) is 5.82 Å². The van der Waals surface area contributed by atoms with Crippen LogP contribution >= 0.6 is 0 Å². The Bertz CT molecular complexity index is 1590. The number of imide groups is 2. The fourth-order valence-corrected chi connectivity index (χ4v) is 6.74. The highest BCUT2D eigenvalue weighted by atomic mass is 19.1. The summed E-state index contributed by atoms with van der Waals surface area (Å²) in [5.74, 6) is -1.52. The number of carbonyl (C=O) groups is 4. The first-order valence-corrected chi connectivity index (χ1v) is 14.5. The van der Waals surface area contributed by atoms with Gasteiger partial charge in [-0.25, -0.2) is 4.39 Å². The molecule has 4 amide bonds. The Morgan fingerprint density at radius 2 is 1.64 bits per heavy atom. The van der Waals surface area contributed by atoms with E-state index in [0.29, 0.717) is 29.3 Å². The first-order chi connectivity index (χ1) is 20.4. The zero-order valence-corrected chi connectivity index (χ0v) is 23.1. The van der Waals surface area contributed by atoms with Crippen LogP contribution in [-0.4, -0.2) is 94.8 Å². The van der Waals surface area contributed by atoms with Gasteiger partial charge in [-0.1, -0.05) is 11.2 Å². The van der Waals surface area contributed by atoms with Crippen LogP contribution in [0.5, 0.6) is 0 Å². The molecule has 0 radical (unpaired) electrons. The topological polar surface area (TPSA) is 119 Å². The molecule has 218 valence electrons. The molecule has 12 heteroatoms. The number of hydrogen-bond donors (Lipinski definition) is 1. The first-order valence-electron chi connectivity index (χ1n) is 14.5. The summed E-state index contributed by atoms with van der Waals surface area (Å²) in [6, 6.07) is 9.39. The number of halogens is 1. The van der Waals surface area contributed by atoms with Gasteiger partial charge in [-0.05, 0) is 62.2 Å². The van der Waals surface area contributed by atoms with Gasteiger partial charge in [0, 0.05) is 51.3 Å². The zero-order chi connectivity index (χ0) is 29.0. The van der Waals surface area contributed by atoms with Crippen molar-refractivity contribution in [3.8, 4) is 0 Å². The molecule has 2 aromatic carbocycles. The van der Waals surface area contributed by atoms with Crippen molar-refractivity contribution in [1.82, 2.24) is 25.2 Å². The van der Waals surface area contributed by atoms with Gasteiger partial charge >= 0.3 is 0 Å². The number of hydrogen-bond acceptors (Lipinski definition) is 9. The summed E-state index contributed by atoms with van der Waals surface area (Å²) >= 11 is 0. The number of rotatable bonds is 5. The largest absolute Gasteiger partial charge is 0.354 e. The summed E-state index contributed by atoms with van der Waals surface area (Å²) in [5, 5.41) is 7.26. The van der Waals surface area contributed by atoms with Crippen LogP contribution in [0.15, 0.2) is 40.9 Å². The van der Waals surface area contributed by atoms with Gasteiger partial charge in [-0.2, -0.15) is 0 Å². The molecule has 0 saturated carbocycles. The van der Waals surface area contributed by atoms with Crippen LogP contribution in [0.1, 0.15) is 52.0 Å². The Balaban J connectivity index is 0.931. The maximum Gasteiger partial charge on any atom is 0.262 e. The Morgan fingerprint density at radius 3 is 2.40 bits per heavy atom. The van der Waals surface area contributed by atoms with E-state index in [1.54, 1.807) is 18.2 Å². The molecule has 3 aromatic rings. The number of fused-ring (bicyclic) bond motifs is 2. The third kappa shape index (κ3) is 4.74. The standard InChI is InChI=1S/C30H31FN6O5/c31-19-2-4-22-25(16-19)42-33-27(22)36-13-11-35(12-14-36)20-7-9-34(10-8-20)17-18-1-3-21-23(15-18)30(41)37(29(21)40)24-5-6-26(38)32-28(24)39/h1-4,15-16,20,24H,5-14,17H2,(H,32,38,39). The molecule has 7 rings (SSSR count). The van der Waals surface area contributed by atoms with E-state index in [0.717, 1.165) is 73.8 Å². The van der Waals surface area contributed by atoms with E-state index >= 15 is 0 Å². The molecule has 1 aromatic heterocycles. The smallest absolute Gasteiger partial charge is 0.262 e. The number of nitrogens with one attached hydrogen (secondary N) is 1. The van der Waals surface area contributed by atoms with E-state index in [-0.39, 0.29) is 24.6 Å². The van der Waals surface area contributed by atoms with Crippen molar-refractivity contribution in [3.05, 3.63) is 58.9 Å². The van der Waals surface area contributed by atoms with Crippen LogP contribution in [0.2, 0.25) is 0 Å². The molecule has 42 heavy (non-hydrogen) atoms. The summed E-state index contributed by atoms with van der Waals surface area (Å²) in [6.45, 7) is 6.03. The summed E-state index contributed by atoms with van der Waals surface area (Å²) in [6.07, 6.45) is 2.32. The number of piperazine rings is 1. The summed E-state index contributed by atoms with van der Waals surface area (Å²) in [4.78, 5) is 58.1. The lowest BCUT2D eigenvalue weighted by atomic mass is 10.0. The number of amides is 4. The van der Waals surface area contributed by atoms with E-state index in [1.165, 1.54) is 12.1 Å². The lowest BCUT2D eigenvalue weighted by Gasteiger charge is -2.42. The third-order valence-corrected chi connectivity index (χ3v) is 9.01. The van der Waals surface area contributed by atoms with Crippen molar-refractivity contribution in [2.75, 3.05) is 44.2 Å². The lowest BCUT2D eigenvalue weighted by molar-refractivity contribution is -0.136. The Morgan fingerprint density at radius 1 is 0.881 bits per heavy atom. The maximum atomic E-state index is 13.5. The molecule has 1 N–H and O–H groups in total. The van der Waals surface area contributed by atoms with Gasteiger partial charge in [0.15, 0.2) is 11.4 Å². The fraction of sp³-hybridized carbons (Fsp3) is 0.433. The number of piperidine rings is 2. The zero-order valence-electron chi connectivity index (χ0n) is 23.1. The number of nitrogens with zero attached hydrogens (tertiary/aromatic N) is 5. The minimum Gasteiger partial charge on any atom is -0.354 e. The predicted octanol–water partition coefficient (Wildman–Crippen LogP) is 2.15. The van der Waals surface area contributed by atoms with Gasteiger partial charge in [0.1, 0.15) is 11.9 Å². The molecule has 4 aliphatic rings. The molecule has 1 atom stereocenters. The van der Waals surface area contributed by atoms with E-state index in [2.05, 4.69) is 25.2 Å². The van der Waals surface area contributed by atoms with Crippen molar-refractivity contribution >= 4 is 40.4 Å². The third-order valence-electron chi connectivity index (χ3n) is 9.01. The minimum atomic E-state index is -0.959. The van der Waals surface area contributed by atoms with E-state index in [9.17, 15) is 23.6 Å². The molecule has 5 heterocycles. The predicted molar refractivity (Wildman–Crippen MR) is 149 cm³/mol. The monoisotopic (exact) mass is 574 g/mol. The number of likely N-dealkylation sites (tertiary alicyclic amines) is 1. The van der Waals surface area contributed by atoms with Gasteiger partial charge in [0.25, 0.3) is 11.8 Å². The van der Waals surface area contributed by atoms with Crippen LogP contribution in [0.4, 0.5) is 10.2 Å². The highest BCUT2D eigenvalue weighted by Gasteiger charge is 2.44. The average Bonchev–Trinajstić information content (AvgIpc) is 3.51. The number of aromatic nitrogens is 1. The highest BCUT2D eigenvalue weighted by molar-refractivity contribution is 6.23. The molecule has 0 aliphatic carbocycles. The fourth-order valence-electron chi connectivity index (χ4n) is 6.74. The first kappa shape index (κ1) is 26.7. The summed E-state index contributed by atoms with van der Waals surface area (Å²) in [7, 11) is 0. The van der Waals surface area contributed by atoms with E-state index < -0.39 is 23.8 Å². The second kappa shape index (κ2) is 10.6. The lowest BCUT2D eigenvalue weighted by Crippen LogP contribution is -2.54. The normalized spacial score (nSPS) is 22.7. The Hall–Kier alpha value is -4.16. The number of benzene rings is 2. The average molecular weight is 575 g/mol. The molecular formula is C30H31FN6O5. The summed E-state index contributed by atoms with van der Waals surface area (Å²) < 4.78 is 18.9. The number of carbonyl (C=O) groups excluding carboxylic acids is 4. The van der Waals surface area contributed by atoms with Crippen molar-refractivity contribution in [1.29, 1.82) is 0 Å². The van der Waals surface area contributed by atoms with Gasteiger partial charge < -0.3 is 9.42 Å². The highest BCUT2D eigenvalue weighted by Crippen LogP contribution is 2.30. The van der Waals surface area contributed by atoms with Crippen LogP contribution < -0.4 is 10.2 Å². The van der Waals surface area contributed by atoms with Crippen molar-refractivity contribution in [2.24, 2.45) is 0 Å². The molecule has 0 spiro atoms. The van der Waals surface area contributed by atoms with Crippen molar-refractivity contribution in [3.63, 3.8) is 0 Å². The van der Waals surface area contributed by atoms with Crippen LogP contribution in [-0.2, 0) is 16.1 Å². The van der Waals surface area contributed by atoms with E-state index in [1.807, 2.05) is 6.07 Å². The second-order valence-electron chi connectivity index (χ2n) is 11.5. The molecular weight excluding hydrogens is 543 g/mol.